The van der Waals surface area contributed by atoms with E-state index in [0.29, 0.717) is 24.1 Å². The third kappa shape index (κ3) is 6.39. The standard InChI is InChI=1S/C23H29ClFN5O4S/c1-30-11-20(26-13-30)16-9-18(21(25)19(24)10-16)23(32)28-29-35(33,34)12-14-5-7-17(8-6-14)27-22(31)15-3-2-4-15/h9-11,13-15,17,29H,2-8,12H2,1H3,(H,27,31)(H,28,32)/t14-,17+. The minimum absolute atomic E-state index is 0.0776. The molecule has 2 saturated carbocycles. The highest BCUT2D eigenvalue weighted by atomic mass is 35.5. The molecule has 0 unspecified atom stereocenters. The molecule has 0 saturated heterocycles. The molecular weight excluding hydrogens is 497 g/mol. The van der Waals surface area contributed by atoms with Gasteiger partial charge in [-0.1, -0.05) is 18.0 Å². The second-order valence-electron chi connectivity index (χ2n) is 9.44. The maximum atomic E-state index is 14.5. The van der Waals surface area contributed by atoms with Crippen molar-refractivity contribution in [2.75, 3.05) is 5.75 Å². The number of hydrogen-bond acceptors (Lipinski definition) is 5. The predicted octanol–water partition coefficient (Wildman–Crippen LogP) is 2.92. The van der Waals surface area contributed by atoms with Gasteiger partial charge < -0.3 is 9.88 Å². The molecule has 2 amide bonds. The van der Waals surface area contributed by atoms with Crippen LogP contribution in [0.2, 0.25) is 5.02 Å². The Morgan fingerprint density at radius 3 is 2.49 bits per heavy atom. The van der Waals surface area contributed by atoms with E-state index in [1.807, 2.05) is 0 Å². The first-order valence-electron chi connectivity index (χ1n) is 11.7. The molecule has 0 atom stereocenters. The second-order valence-corrected chi connectivity index (χ2v) is 11.6. The minimum Gasteiger partial charge on any atom is -0.353 e. The molecule has 0 aliphatic heterocycles. The summed E-state index contributed by atoms with van der Waals surface area (Å²) in [6.45, 7) is 0. The molecule has 4 rings (SSSR count). The van der Waals surface area contributed by atoms with Crippen molar-refractivity contribution >= 4 is 33.4 Å². The smallest absolute Gasteiger partial charge is 0.269 e. The van der Waals surface area contributed by atoms with Crippen LogP contribution >= 0.6 is 11.6 Å². The van der Waals surface area contributed by atoms with E-state index in [0.717, 1.165) is 32.1 Å². The van der Waals surface area contributed by atoms with Crippen LogP contribution in [0.15, 0.2) is 24.7 Å². The lowest BCUT2D eigenvalue weighted by molar-refractivity contribution is -0.128. The molecule has 190 valence electrons. The Morgan fingerprint density at radius 2 is 1.89 bits per heavy atom. The molecule has 35 heavy (non-hydrogen) atoms. The number of aromatic nitrogens is 2. The number of benzene rings is 1. The summed E-state index contributed by atoms with van der Waals surface area (Å²) in [7, 11) is -2.09. The van der Waals surface area contributed by atoms with Gasteiger partial charge >= 0.3 is 0 Å². The van der Waals surface area contributed by atoms with E-state index in [-0.39, 0.29) is 34.6 Å². The lowest BCUT2D eigenvalue weighted by Crippen LogP contribution is -2.45. The maximum Gasteiger partial charge on any atom is 0.269 e. The largest absolute Gasteiger partial charge is 0.353 e. The number of amides is 2. The highest BCUT2D eigenvalue weighted by Gasteiger charge is 2.30. The predicted molar refractivity (Wildman–Crippen MR) is 129 cm³/mol. The second kappa shape index (κ2) is 10.6. The third-order valence-corrected chi connectivity index (χ3v) is 8.32. The van der Waals surface area contributed by atoms with Crippen molar-refractivity contribution in [2.24, 2.45) is 18.9 Å². The van der Waals surface area contributed by atoms with Crippen molar-refractivity contribution in [3.05, 3.63) is 41.1 Å². The lowest BCUT2D eigenvalue weighted by Gasteiger charge is -2.32. The van der Waals surface area contributed by atoms with Crippen LogP contribution in [0.5, 0.6) is 0 Å². The van der Waals surface area contributed by atoms with Gasteiger partial charge in [0, 0.05) is 30.8 Å². The van der Waals surface area contributed by atoms with Crippen LogP contribution in [0.25, 0.3) is 11.3 Å². The summed E-state index contributed by atoms with van der Waals surface area (Å²) < 4.78 is 41.3. The third-order valence-electron chi connectivity index (χ3n) is 6.72. The first-order chi connectivity index (χ1) is 16.6. The molecule has 2 aromatic rings. The summed E-state index contributed by atoms with van der Waals surface area (Å²) in [5.41, 5.74) is 2.60. The zero-order valence-electron chi connectivity index (χ0n) is 19.4. The Hall–Kier alpha value is -2.50. The molecule has 1 aromatic heterocycles. The van der Waals surface area contributed by atoms with Crippen molar-refractivity contribution < 1.29 is 22.4 Å². The van der Waals surface area contributed by atoms with Crippen LogP contribution in [0.4, 0.5) is 4.39 Å². The van der Waals surface area contributed by atoms with Gasteiger partial charge in [0.2, 0.25) is 15.9 Å². The Morgan fingerprint density at radius 1 is 1.17 bits per heavy atom. The minimum atomic E-state index is -3.86. The molecule has 2 aliphatic rings. The molecule has 1 aromatic carbocycles. The van der Waals surface area contributed by atoms with Crippen molar-refractivity contribution in [3.63, 3.8) is 0 Å². The number of sulfonamides is 1. The zero-order valence-corrected chi connectivity index (χ0v) is 21.0. The number of imidazole rings is 1. The Kier molecular flexibility index (Phi) is 7.77. The number of nitrogens with zero attached hydrogens (tertiary/aromatic N) is 2. The van der Waals surface area contributed by atoms with Gasteiger partial charge in [-0.2, -0.15) is 0 Å². The van der Waals surface area contributed by atoms with Crippen molar-refractivity contribution in [1.29, 1.82) is 0 Å². The summed E-state index contributed by atoms with van der Waals surface area (Å²) in [4.78, 5) is 30.9. The first kappa shape index (κ1) is 25.6. The van der Waals surface area contributed by atoms with Gasteiger partial charge in [-0.05, 0) is 56.6 Å². The number of carbonyl (C=O) groups is 2. The molecule has 2 aliphatic carbocycles. The monoisotopic (exact) mass is 525 g/mol. The molecule has 9 nitrogen and oxygen atoms in total. The molecule has 3 N–H and O–H groups in total. The van der Waals surface area contributed by atoms with Gasteiger partial charge in [0.1, 0.15) is 0 Å². The highest BCUT2D eigenvalue weighted by molar-refractivity contribution is 7.89. The fraction of sp³-hybridized carbons (Fsp3) is 0.522. The molecule has 12 heteroatoms. The molecule has 1 heterocycles. The van der Waals surface area contributed by atoms with Crippen LogP contribution in [-0.4, -0.2) is 41.6 Å². The van der Waals surface area contributed by atoms with Crippen LogP contribution in [0.3, 0.4) is 0 Å². The van der Waals surface area contributed by atoms with Gasteiger partial charge in [-0.3, -0.25) is 15.0 Å². The van der Waals surface area contributed by atoms with Crippen LogP contribution in [-0.2, 0) is 21.9 Å². The number of rotatable bonds is 8. The molecular formula is C23H29ClFN5O4S. The van der Waals surface area contributed by atoms with E-state index in [4.69, 9.17) is 11.6 Å². The number of hydrazine groups is 1. The number of aryl methyl sites for hydroxylation is 1. The van der Waals surface area contributed by atoms with E-state index >= 15 is 0 Å². The van der Waals surface area contributed by atoms with Gasteiger partial charge in [0.05, 0.1) is 28.4 Å². The Balaban J connectivity index is 1.30. The molecule has 0 spiro atoms. The van der Waals surface area contributed by atoms with Gasteiger partial charge in [-0.15, -0.1) is 4.83 Å². The van der Waals surface area contributed by atoms with Crippen molar-refractivity contribution in [3.8, 4) is 11.3 Å². The topological polar surface area (TPSA) is 122 Å². The number of hydrogen-bond donors (Lipinski definition) is 3. The lowest BCUT2D eigenvalue weighted by atomic mass is 9.83. The Labute approximate surface area is 208 Å². The number of halogens is 2. The van der Waals surface area contributed by atoms with E-state index < -0.39 is 27.3 Å². The normalized spacial score (nSPS) is 20.8. The summed E-state index contributed by atoms with van der Waals surface area (Å²) in [5.74, 6) is -1.95. The van der Waals surface area contributed by atoms with Crippen molar-refractivity contribution in [2.45, 2.75) is 51.0 Å². The molecule has 0 bridgehead atoms. The van der Waals surface area contributed by atoms with Crippen LogP contribution < -0.4 is 15.6 Å². The first-order valence-corrected chi connectivity index (χ1v) is 13.7. The maximum absolute atomic E-state index is 14.5. The summed E-state index contributed by atoms with van der Waals surface area (Å²) in [6.07, 6.45) is 8.96. The van der Waals surface area contributed by atoms with Crippen molar-refractivity contribution in [1.82, 2.24) is 25.1 Å². The van der Waals surface area contributed by atoms with Gasteiger partial charge in [0.25, 0.3) is 5.91 Å². The average Bonchev–Trinajstić information content (AvgIpc) is 3.20. The van der Waals surface area contributed by atoms with Crippen LogP contribution in [0, 0.1) is 17.7 Å². The summed E-state index contributed by atoms with van der Waals surface area (Å²) in [6, 6.07) is 2.70. The van der Waals surface area contributed by atoms with E-state index in [2.05, 4.69) is 20.6 Å². The SMILES string of the molecule is Cn1cnc(-c2cc(Cl)c(F)c(C(=O)NNS(=O)(=O)C[C@H]3CC[C@@H](NC(=O)C4CCC4)CC3)c2)c1. The fourth-order valence-electron chi connectivity index (χ4n) is 4.47. The van der Waals surface area contributed by atoms with E-state index in [1.165, 1.54) is 12.1 Å². The highest BCUT2D eigenvalue weighted by Crippen LogP contribution is 2.29. The number of nitrogens with one attached hydrogen (secondary N) is 3. The van der Waals surface area contributed by atoms with Gasteiger partial charge in [-0.25, -0.2) is 17.8 Å². The molecule has 0 radical (unpaired) electrons. The fourth-order valence-corrected chi connectivity index (χ4v) is 5.98. The Bertz CT molecular complexity index is 1210. The van der Waals surface area contributed by atoms with Gasteiger partial charge in [0.15, 0.2) is 5.82 Å². The number of carbonyl (C=O) groups excluding carboxylic acids is 2. The summed E-state index contributed by atoms with van der Waals surface area (Å²) >= 11 is 5.96. The quantitative estimate of drug-likeness (QED) is 0.457. The zero-order chi connectivity index (χ0) is 25.2. The van der Waals surface area contributed by atoms with Crippen LogP contribution in [0.1, 0.15) is 55.3 Å². The molecule has 2 fully saturated rings. The van der Waals surface area contributed by atoms with E-state index in [9.17, 15) is 22.4 Å². The average molecular weight is 526 g/mol. The van der Waals surface area contributed by atoms with E-state index in [1.54, 1.807) is 24.1 Å². The summed E-state index contributed by atoms with van der Waals surface area (Å²) in [5, 5.41) is 2.80.